The summed E-state index contributed by atoms with van der Waals surface area (Å²) in [7, 11) is -3.89. The van der Waals surface area contributed by atoms with Gasteiger partial charge in [0, 0.05) is 18.4 Å². The number of ketones is 1. The Labute approximate surface area is 184 Å². The number of ether oxygens (including phenoxy) is 1. The highest BCUT2D eigenvalue weighted by Crippen LogP contribution is 2.54. The Balaban J connectivity index is 3.03. The molecule has 1 unspecified atom stereocenters. The lowest BCUT2D eigenvalue weighted by Crippen LogP contribution is -2.30. The number of unbranched alkanes of at least 4 members (excludes halogenated alkanes) is 2. The summed E-state index contributed by atoms with van der Waals surface area (Å²) in [6, 6.07) is 8.42. The van der Waals surface area contributed by atoms with E-state index < -0.39 is 31.6 Å². The molecule has 8 nitrogen and oxygen atoms in total. The SMILES string of the molecule is CCCCOP(=O)(OCCCC)C(COC(=O)CCCC(=N)N)C(=O)c1ccccc1. The van der Waals surface area contributed by atoms with Crippen LogP contribution in [0.5, 0.6) is 0 Å². The molecule has 0 bridgehead atoms. The number of amidine groups is 1. The van der Waals surface area contributed by atoms with Crippen molar-refractivity contribution in [2.45, 2.75) is 64.5 Å². The van der Waals surface area contributed by atoms with Crippen molar-refractivity contribution in [2.75, 3.05) is 19.8 Å². The van der Waals surface area contributed by atoms with Crippen molar-refractivity contribution in [1.82, 2.24) is 0 Å². The third kappa shape index (κ3) is 10.2. The molecule has 0 aliphatic carbocycles. The molecule has 0 saturated carbocycles. The van der Waals surface area contributed by atoms with E-state index in [1.165, 1.54) is 0 Å². The van der Waals surface area contributed by atoms with Crippen LogP contribution in [0.4, 0.5) is 0 Å². The van der Waals surface area contributed by atoms with E-state index in [-0.39, 0.29) is 31.9 Å². The van der Waals surface area contributed by atoms with Gasteiger partial charge >= 0.3 is 13.6 Å². The topological polar surface area (TPSA) is 129 Å². The average Bonchev–Trinajstić information content (AvgIpc) is 2.74. The lowest BCUT2D eigenvalue weighted by Gasteiger charge is -2.26. The van der Waals surface area contributed by atoms with E-state index in [0.29, 0.717) is 24.8 Å². The Morgan fingerprint density at radius 3 is 2.10 bits per heavy atom. The molecule has 0 aliphatic heterocycles. The maximum Gasteiger partial charge on any atom is 0.344 e. The molecule has 1 atom stereocenters. The second kappa shape index (κ2) is 14.9. The predicted molar refractivity (Wildman–Crippen MR) is 121 cm³/mol. The molecule has 0 fully saturated rings. The van der Waals surface area contributed by atoms with Gasteiger partial charge in [-0.3, -0.25) is 19.6 Å². The molecule has 0 radical (unpaired) electrons. The van der Waals surface area contributed by atoms with Gasteiger partial charge < -0.3 is 19.5 Å². The van der Waals surface area contributed by atoms with Gasteiger partial charge in [-0.2, -0.15) is 0 Å². The fraction of sp³-hybridized carbons (Fsp3) is 0.591. The number of carbonyl (C=O) groups excluding carboxylic acids is 2. The Hall–Kier alpha value is -2.02. The average molecular weight is 455 g/mol. The van der Waals surface area contributed by atoms with Crippen molar-refractivity contribution in [3.8, 4) is 0 Å². The number of benzene rings is 1. The Kier molecular flexibility index (Phi) is 13.0. The smallest absolute Gasteiger partial charge is 0.344 e. The second-order valence-electron chi connectivity index (χ2n) is 7.22. The molecule has 1 rings (SSSR count). The maximum absolute atomic E-state index is 13.7. The largest absolute Gasteiger partial charge is 0.464 e. The molecule has 0 amide bonds. The van der Waals surface area contributed by atoms with Crippen molar-refractivity contribution >= 4 is 25.2 Å². The van der Waals surface area contributed by atoms with Gasteiger partial charge in [0.05, 0.1) is 19.0 Å². The normalized spacial score (nSPS) is 12.3. The first-order valence-electron chi connectivity index (χ1n) is 10.8. The summed E-state index contributed by atoms with van der Waals surface area (Å²) in [5.41, 5.74) is 4.39. The van der Waals surface area contributed by atoms with E-state index in [9.17, 15) is 14.2 Å². The first kappa shape index (κ1) is 27.0. The summed E-state index contributed by atoms with van der Waals surface area (Å²) < 4.78 is 30.3. The summed E-state index contributed by atoms with van der Waals surface area (Å²) in [5, 5.41) is 7.21. The molecule has 1 aromatic carbocycles. The zero-order chi connectivity index (χ0) is 23.1. The van der Waals surface area contributed by atoms with E-state index in [0.717, 1.165) is 12.8 Å². The second-order valence-corrected chi connectivity index (χ2v) is 9.44. The van der Waals surface area contributed by atoms with Gasteiger partial charge in [-0.15, -0.1) is 0 Å². The van der Waals surface area contributed by atoms with E-state index in [2.05, 4.69) is 0 Å². The zero-order valence-corrected chi connectivity index (χ0v) is 19.4. The molecule has 0 heterocycles. The van der Waals surface area contributed by atoms with Gasteiger partial charge in [0.2, 0.25) is 0 Å². The van der Waals surface area contributed by atoms with Crippen LogP contribution in [0.15, 0.2) is 30.3 Å². The van der Waals surface area contributed by atoms with Gasteiger partial charge in [-0.25, -0.2) is 0 Å². The summed E-state index contributed by atoms with van der Waals surface area (Å²) in [4.78, 5) is 25.3. The first-order chi connectivity index (χ1) is 14.8. The minimum atomic E-state index is -3.89. The van der Waals surface area contributed by atoms with E-state index in [4.69, 9.17) is 24.9 Å². The van der Waals surface area contributed by atoms with Crippen LogP contribution >= 0.6 is 7.60 Å². The highest BCUT2D eigenvalue weighted by molar-refractivity contribution is 7.55. The third-order valence-corrected chi connectivity index (χ3v) is 6.74. The highest BCUT2D eigenvalue weighted by atomic mass is 31.2. The number of rotatable bonds is 17. The highest BCUT2D eigenvalue weighted by Gasteiger charge is 2.42. The molecule has 0 spiro atoms. The molecule has 3 N–H and O–H groups in total. The van der Waals surface area contributed by atoms with Crippen LogP contribution in [0.25, 0.3) is 0 Å². The predicted octanol–water partition coefficient (Wildman–Crippen LogP) is 4.71. The minimum absolute atomic E-state index is 0.0110. The van der Waals surface area contributed by atoms with Crippen LogP contribution < -0.4 is 5.73 Å². The minimum Gasteiger partial charge on any atom is -0.464 e. The molecule has 0 saturated heterocycles. The number of Topliss-reactive ketones (excluding diaryl/α,β-unsaturated/α-hetero) is 1. The number of hydrogen-bond acceptors (Lipinski definition) is 7. The van der Waals surface area contributed by atoms with Crippen LogP contribution in [0.1, 0.15) is 69.2 Å². The molecule has 174 valence electrons. The lowest BCUT2D eigenvalue weighted by molar-refractivity contribution is -0.143. The maximum atomic E-state index is 13.7. The Morgan fingerprint density at radius 1 is 1.00 bits per heavy atom. The standard InChI is InChI=1S/C22H35N2O6P/c1-3-5-15-29-31(27,30-16-6-4-2)19(22(26)18-11-8-7-9-12-18)17-28-21(25)14-10-13-20(23)24/h7-9,11-12,19H,3-6,10,13-17H2,1-2H3,(H3,23,24). The van der Waals surface area contributed by atoms with E-state index in [1.807, 2.05) is 13.8 Å². The van der Waals surface area contributed by atoms with Gasteiger partial charge in [-0.1, -0.05) is 57.0 Å². The van der Waals surface area contributed by atoms with Gasteiger partial charge in [-0.05, 0) is 19.3 Å². The van der Waals surface area contributed by atoms with Gasteiger partial charge in [0.15, 0.2) is 11.4 Å². The molecule has 31 heavy (non-hydrogen) atoms. The summed E-state index contributed by atoms with van der Waals surface area (Å²) in [6.07, 6.45) is 3.68. The molecular formula is C22H35N2O6P. The van der Waals surface area contributed by atoms with Crippen LogP contribution in [-0.4, -0.2) is 43.1 Å². The van der Waals surface area contributed by atoms with Gasteiger partial charge in [0.1, 0.15) is 6.61 Å². The molecule has 1 aromatic rings. The number of nitrogens with one attached hydrogen (secondary N) is 1. The van der Waals surface area contributed by atoms with Crippen molar-refractivity contribution in [2.24, 2.45) is 5.73 Å². The van der Waals surface area contributed by atoms with Crippen molar-refractivity contribution < 1.29 is 27.9 Å². The summed E-state index contributed by atoms with van der Waals surface area (Å²) >= 11 is 0. The number of esters is 1. The summed E-state index contributed by atoms with van der Waals surface area (Å²) in [5.74, 6) is -1.02. The molecule has 0 aromatic heterocycles. The first-order valence-corrected chi connectivity index (χ1v) is 12.4. The van der Waals surface area contributed by atoms with E-state index >= 15 is 0 Å². The Morgan fingerprint density at radius 2 is 1.58 bits per heavy atom. The van der Waals surface area contributed by atoms with Crippen molar-refractivity contribution in [3.63, 3.8) is 0 Å². The van der Waals surface area contributed by atoms with Gasteiger partial charge in [0.25, 0.3) is 0 Å². The van der Waals surface area contributed by atoms with Crippen LogP contribution in [0.3, 0.4) is 0 Å². The molecule has 0 aliphatic rings. The molecule has 9 heteroatoms. The lowest BCUT2D eigenvalue weighted by atomic mass is 10.1. The third-order valence-electron chi connectivity index (χ3n) is 4.51. The fourth-order valence-electron chi connectivity index (χ4n) is 2.66. The number of carbonyl (C=O) groups is 2. The van der Waals surface area contributed by atoms with Crippen LogP contribution in [0, 0.1) is 5.41 Å². The Bertz CT molecular complexity index is 727. The monoisotopic (exact) mass is 454 g/mol. The zero-order valence-electron chi connectivity index (χ0n) is 18.5. The summed E-state index contributed by atoms with van der Waals surface area (Å²) in [6.45, 7) is 3.92. The van der Waals surface area contributed by atoms with Crippen molar-refractivity contribution in [1.29, 1.82) is 5.41 Å². The van der Waals surface area contributed by atoms with Crippen LogP contribution in [-0.2, 0) is 23.1 Å². The molecular weight excluding hydrogens is 419 g/mol. The van der Waals surface area contributed by atoms with Crippen molar-refractivity contribution in [3.05, 3.63) is 35.9 Å². The van der Waals surface area contributed by atoms with Crippen LogP contribution in [0.2, 0.25) is 0 Å². The number of hydrogen-bond donors (Lipinski definition) is 2. The fourth-order valence-corrected chi connectivity index (χ4v) is 4.56. The number of nitrogens with two attached hydrogens (primary N) is 1. The quantitative estimate of drug-likeness (QED) is 0.0870. The van der Waals surface area contributed by atoms with E-state index in [1.54, 1.807) is 30.3 Å².